The number of hydrogen-bond donors (Lipinski definition) is 1. The summed E-state index contributed by atoms with van der Waals surface area (Å²) in [4.78, 5) is 0. The largest absolute Gasteiger partial charge is 0.362 e. The van der Waals surface area contributed by atoms with Crippen LogP contribution < -0.4 is 5.32 Å². The van der Waals surface area contributed by atoms with E-state index in [1.807, 2.05) is 6.07 Å². The lowest BCUT2D eigenvalue weighted by molar-refractivity contribution is 0.612. The fraction of sp³-hybridized carbons (Fsp3) is 0.133. The van der Waals surface area contributed by atoms with Crippen LogP contribution in [0.4, 0.5) is 14.5 Å². The maximum atomic E-state index is 13.7. The Kier molecular flexibility index (Phi) is 3.91. The maximum absolute atomic E-state index is 13.7. The summed E-state index contributed by atoms with van der Waals surface area (Å²) in [5, 5.41) is 12.3. The van der Waals surface area contributed by atoms with Crippen LogP contribution in [0.2, 0.25) is 5.02 Å². The van der Waals surface area contributed by atoms with Crippen LogP contribution in [0.1, 0.15) is 12.5 Å². The summed E-state index contributed by atoms with van der Waals surface area (Å²) in [6, 6.07) is 11.8. The first-order valence-electron chi connectivity index (χ1n) is 5.86. The third-order valence-electron chi connectivity index (χ3n) is 2.95. The molecule has 0 aliphatic rings. The molecular weight excluding hydrogens is 282 g/mol. The highest BCUT2D eigenvalue weighted by Crippen LogP contribution is 2.32. The number of anilines is 1. The molecule has 20 heavy (non-hydrogen) atoms. The Morgan fingerprint density at radius 2 is 1.90 bits per heavy atom. The minimum atomic E-state index is -1.27. The molecule has 0 aromatic heterocycles. The van der Waals surface area contributed by atoms with Gasteiger partial charge >= 0.3 is 0 Å². The molecule has 5 heteroatoms. The molecule has 0 heterocycles. The van der Waals surface area contributed by atoms with Crippen LogP contribution in [0.3, 0.4) is 0 Å². The van der Waals surface area contributed by atoms with E-state index in [4.69, 9.17) is 11.6 Å². The van der Waals surface area contributed by atoms with Crippen molar-refractivity contribution >= 4 is 17.3 Å². The second-order valence-electron chi connectivity index (χ2n) is 4.47. The van der Waals surface area contributed by atoms with Gasteiger partial charge in [0.05, 0.1) is 16.8 Å². The van der Waals surface area contributed by atoms with Crippen molar-refractivity contribution in [1.29, 1.82) is 5.26 Å². The van der Waals surface area contributed by atoms with Crippen LogP contribution in [0.15, 0.2) is 42.5 Å². The summed E-state index contributed by atoms with van der Waals surface area (Å²) < 4.78 is 26.8. The van der Waals surface area contributed by atoms with E-state index in [9.17, 15) is 14.0 Å². The van der Waals surface area contributed by atoms with Crippen molar-refractivity contribution in [3.63, 3.8) is 0 Å². The van der Waals surface area contributed by atoms with Crippen LogP contribution >= 0.6 is 11.6 Å². The standard InChI is InChI=1S/C15H11ClF2N2/c1-15(9-19,11-7-6-10(17)8-12(11)16)20-14-5-3-2-4-13(14)18/h2-8,20H,1H3. The number of nitrogens with zero attached hydrogens (tertiary/aromatic N) is 1. The molecule has 0 saturated heterocycles. The van der Waals surface area contributed by atoms with Gasteiger partial charge < -0.3 is 5.32 Å². The van der Waals surface area contributed by atoms with Crippen molar-refractivity contribution in [1.82, 2.24) is 0 Å². The van der Waals surface area contributed by atoms with Gasteiger partial charge in [-0.1, -0.05) is 29.8 Å². The average Bonchev–Trinajstić information content (AvgIpc) is 2.41. The lowest BCUT2D eigenvalue weighted by Crippen LogP contribution is -2.30. The van der Waals surface area contributed by atoms with Crippen molar-refractivity contribution in [3.05, 3.63) is 64.7 Å². The number of nitrogens with one attached hydrogen (secondary N) is 1. The van der Waals surface area contributed by atoms with Crippen LogP contribution in [-0.4, -0.2) is 0 Å². The minimum Gasteiger partial charge on any atom is -0.362 e. The van der Waals surface area contributed by atoms with Gasteiger partial charge in [0, 0.05) is 5.56 Å². The first kappa shape index (κ1) is 14.3. The van der Waals surface area contributed by atoms with Crippen LogP contribution in [-0.2, 0) is 5.54 Å². The molecule has 0 saturated carbocycles. The topological polar surface area (TPSA) is 35.8 Å². The molecule has 2 nitrogen and oxygen atoms in total. The van der Waals surface area contributed by atoms with E-state index in [1.54, 1.807) is 19.1 Å². The number of hydrogen-bond acceptors (Lipinski definition) is 2. The Labute approximate surface area is 120 Å². The number of nitriles is 1. The van der Waals surface area contributed by atoms with Crippen molar-refractivity contribution in [2.75, 3.05) is 5.32 Å². The monoisotopic (exact) mass is 292 g/mol. The molecule has 2 rings (SSSR count). The summed E-state index contributed by atoms with van der Waals surface area (Å²) >= 11 is 5.97. The van der Waals surface area contributed by atoms with Gasteiger partial charge in [0.2, 0.25) is 0 Å². The van der Waals surface area contributed by atoms with Crippen LogP contribution in [0.25, 0.3) is 0 Å². The highest BCUT2D eigenvalue weighted by Gasteiger charge is 2.29. The minimum absolute atomic E-state index is 0.109. The SMILES string of the molecule is CC(C#N)(Nc1ccccc1F)c1ccc(F)cc1Cl. The molecule has 0 spiro atoms. The van der Waals surface area contributed by atoms with Gasteiger partial charge in [-0.25, -0.2) is 8.78 Å². The van der Waals surface area contributed by atoms with Gasteiger partial charge in [-0.15, -0.1) is 0 Å². The number of para-hydroxylation sites is 1. The zero-order valence-electron chi connectivity index (χ0n) is 10.6. The Morgan fingerprint density at radius 3 is 2.50 bits per heavy atom. The van der Waals surface area contributed by atoms with E-state index in [0.717, 1.165) is 6.07 Å². The third kappa shape index (κ3) is 2.73. The molecule has 0 aliphatic carbocycles. The van der Waals surface area contributed by atoms with Crippen molar-refractivity contribution in [2.45, 2.75) is 12.5 Å². The predicted molar refractivity (Wildman–Crippen MR) is 74.4 cm³/mol. The molecule has 0 aliphatic heterocycles. The van der Waals surface area contributed by atoms with E-state index in [2.05, 4.69) is 5.32 Å². The van der Waals surface area contributed by atoms with E-state index >= 15 is 0 Å². The smallest absolute Gasteiger partial charge is 0.149 e. The second kappa shape index (κ2) is 5.48. The van der Waals surface area contributed by atoms with Gasteiger partial charge in [0.15, 0.2) is 0 Å². The lowest BCUT2D eigenvalue weighted by Gasteiger charge is -2.26. The first-order chi connectivity index (χ1) is 9.46. The molecule has 102 valence electrons. The zero-order chi connectivity index (χ0) is 14.8. The predicted octanol–water partition coefficient (Wildman–Crippen LogP) is 4.47. The van der Waals surface area contributed by atoms with Gasteiger partial charge in [-0.05, 0) is 31.2 Å². The third-order valence-corrected chi connectivity index (χ3v) is 3.26. The molecule has 1 N–H and O–H groups in total. The highest BCUT2D eigenvalue weighted by molar-refractivity contribution is 6.31. The Morgan fingerprint density at radius 1 is 1.20 bits per heavy atom. The summed E-state index contributed by atoms with van der Waals surface area (Å²) in [7, 11) is 0. The summed E-state index contributed by atoms with van der Waals surface area (Å²) in [6.45, 7) is 1.55. The first-order valence-corrected chi connectivity index (χ1v) is 6.23. The molecule has 2 aromatic carbocycles. The van der Waals surface area contributed by atoms with Gasteiger partial charge in [0.1, 0.15) is 17.2 Å². The summed E-state index contributed by atoms with van der Waals surface area (Å²) in [6.07, 6.45) is 0. The summed E-state index contributed by atoms with van der Waals surface area (Å²) in [5.41, 5.74) is -0.712. The maximum Gasteiger partial charge on any atom is 0.149 e. The molecule has 1 atom stereocenters. The molecule has 0 fully saturated rings. The number of benzene rings is 2. The Hall–Kier alpha value is -2.12. The highest BCUT2D eigenvalue weighted by atomic mass is 35.5. The molecule has 0 amide bonds. The van der Waals surface area contributed by atoms with Gasteiger partial charge in [-0.3, -0.25) is 0 Å². The fourth-order valence-corrected chi connectivity index (χ4v) is 2.24. The van der Waals surface area contributed by atoms with Gasteiger partial charge in [-0.2, -0.15) is 5.26 Å². The lowest BCUT2D eigenvalue weighted by atomic mass is 9.93. The molecule has 2 aromatic rings. The molecule has 1 unspecified atom stereocenters. The Bertz CT molecular complexity index is 682. The van der Waals surface area contributed by atoms with Gasteiger partial charge in [0.25, 0.3) is 0 Å². The van der Waals surface area contributed by atoms with E-state index in [1.165, 1.54) is 24.3 Å². The average molecular weight is 293 g/mol. The van der Waals surface area contributed by atoms with Crippen LogP contribution in [0.5, 0.6) is 0 Å². The van der Waals surface area contributed by atoms with E-state index < -0.39 is 17.2 Å². The second-order valence-corrected chi connectivity index (χ2v) is 4.87. The van der Waals surface area contributed by atoms with E-state index in [-0.39, 0.29) is 10.7 Å². The molecule has 0 bridgehead atoms. The van der Waals surface area contributed by atoms with Crippen molar-refractivity contribution in [3.8, 4) is 6.07 Å². The Balaban J connectivity index is 2.44. The van der Waals surface area contributed by atoms with Crippen molar-refractivity contribution < 1.29 is 8.78 Å². The molecular formula is C15H11ClF2N2. The normalized spacial score (nSPS) is 13.3. The fourth-order valence-electron chi connectivity index (χ4n) is 1.88. The zero-order valence-corrected chi connectivity index (χ0v) is 11.4. The number of rotatable bonds is 3. The van der Waals surface area contributed by atoms with E-state index in [0.29, 0.717) is 5.56 Å². The van der Waals surface area contributed by atoms with Crippen molar-refractivity contribution in [2.24, 2.45) is 0 Å². The number of halogens is 3. The molecule has 0 radical (unpaired) electrons. The summed E-state index contributed by atoms with van der Waals surface area (Å²) in [5.74, 6) is -0.975. The van der Waals surface area contributed by atoms with Crippen LogP contribution in [0, 0.1) is 23.0 Å². The quantitative estimate of drug-likeness (QED) is 0.906.